The van der Waals surface area contributed by atoms with E-state index in [1.165, 1.54) is 6.21 Å². The monoisotopic (exact) mass is 182 g/mol. The summed E-state index contributed by atoms with van der Waals surface area (Å²) in [7, 11) is 0. The first kappa shape index (κ1) is 11.3. The lowest BCUT2D eigenvalue weighted by atomic mass is 10.4. The molecule has 0 radical (unpaired) electrons. The van der Waals surface area contributed by atoms with Crippen LogP contribution in [0.25, 0.3) is 0 Å². The van der Waals surface area contributed by atoms with Crippen LogP contribution >= 0.6 is 0 Å². The Kier molecular flexibility index (Phi) is 5.09. The molecule has 0 saturated carbocycles. The maximum Gasteiger partial charge on any atom is 0.211 e. The van der Waals surface area contributed by atoms with Gasteiger partial charge in [-0.05, 0) is 13.8 Å². The van der Waals surface area contributed by atoms with Crippen molar-refractivity contribution in [2.24, 2.45) is 26.7 Å². The zero-order valence-electron chi connectivity index (χ0n) is 7.78. The molecular formula is C7H14N6. The summed E-state index contributed by atoms with van der Waals surface area (Å²) in [4.78, 5) is 3.92. The predicted molar refractivity (Wildman–Crippen MR) is 55.7 cm³/mol. The molecule has 0 aromatic rings. The molecule has 72 valence electrons. The number of aliphatic imine (C=N–C) groups is 1. The fourth-order valence-electron chi connectivity index (χ4n) is 0.477. The Hall–Kier alpha value is -1.72. The zero-order chi connectivity index (χ0) is 10.3. The Labute approximate surface area is 77.0 Å². The molecule has 0 bridgehead atoms. The third-order valence-corrected chi connectivity index (χ3v) is 0.930. The molecule has 0 fully saturated rings. The van der Waals surface area contributed by atoms with E-state index in [1.807, 2.05) is 0 Å². The van der Waals surface area contributed by atoms with Crippen molar-refractivity contribution in [2.45, 2.75) is 13.8 Å². The van der Waals surface area contributed by atoms with Gasteiger partial charge in [-0.3, -0.25) is 4.99 Å². The Balaban J connectivity index is 4.06. The summed E-state index contributed by atoms with van der Waals surface area (Å²) < 4.78 is 0. The molecule has 0 aromatic carbocycles. The van der Waals surface area contributed by atoms with Gasteiger partial charge in [-0.2, -0.15) is 5.10 Å². The second kappa shape index (κ2) is 5.87. The minimum Gasteiger partial charge on any atom is -0.369 e. The molecule has 0 rings (SSSR count). The normalized spacial score (nSPS) is 11.7. The fraction of sp³-hybridized carbons (Fsp3) is 0.429. The van der Waals surface area contributed by atoms with Crippen LogP contribution in [0.1, 0.15) is 13.8 Å². The van der Waals surface area contributed by atoms with Crippen LogP contribution in [0.4, 0.5) is 0 Å². The molecule has 5 N–H and O–H groups in total. The second-order valence-electron chi connectivity index (χ2n) is 2.52. The van der Waals surface area contributed by atoms with Gasteiger partial charge in [0.05, 0.1) is 12.3 Å². The van der Waals surface area contributed by atoms with Crippen LogP contribution in [0.5, 0.6) is 0 Å². The number of guanidine groups is 1. The zero-order valence-corrected chi connectivity index (χ0v) is 7.78. The van der Waals surface area contributed by atoms with Crippen molar-refractivity contribution in [3.05, 3.63) is 0 Å². The highest BCUT2D eigenvalue weighted by atomic mass is 15.3. The van der Waals surface area contributed by atoms with Gasteiger partial charge < -0.3 is 16.9 Å². The highest BCUT2D eigenvalue weighted by Gasteiger charge is 1.85. The van der Waals surface area contributed by atoms with Crippen molar-refractivity contribution >= 4 is 23.6 Å². The smallest absolute Gasteiger partial charge is 0.211 e. The van der Waals surface area contributed by atoms with Gasteiger partial charge in [-0.1, -0.05) is 0 Å². The minimum atomic E-state index is -0.0871. The highest BCUT2D eigenvalue weighted by Crippen LogP contribution is 1.78. The summed E-state index contributed by atoms with van der Waals surface area (Å²) in [5, 5.41) is 14.2. The first-order chi connectivity index (χ1) is 6.02. The summed E-state index contributed by atoms with van der Waals surface area (Å²) in [6.45, 7) is 3.77. The van der Waals surface area contributed by atoms with Crippen LogP contribution in [-0.2, 0) is 0 Å². The van der Waals surface area contributed by atoms with E-state index in [1.54, 1.807) is 13.8 Å². The molecule has 13 heavy (non-hydrogen) atoms. The van der Waals surface area contributed by atoms with Crippen LogP contribution in [0.15, 0.2) is 15.2 Å². The largest absolute Gasteiger partial charge is 0.369 e. The lowest BCUT2D eigenvalue weighted by molar-refractivity contribution is 1.20. The van der Waals surface area contributed by atoms with Crippen molar-refractivity contribution < 1.29 is 0 Å². The number of nitrogens with one attached hydrogen (secondary N) is 1. The molecule has 6 heteroatoms. The average Bonchev–Trinajstić information content (AvgIpc) is 2.00. The van der Waals surface area contributed by atoms with Gasteiger partial charge in [0.1, 0.15) is 0 Å². The minimum absolute atomic E-state index is 0.0871. The average molecular weight is 182 g/mol. The van der Waals surface area contributed by atoms with Gasteiger partial charge in [0.2, 0.25) is 5.96 Å². The first-order valence-corrected chi connectivity index (χ1v) is 3.69. The third kappa shape index (κ3) is 8.18. The summed E-state index contributed by atoms with van der Waals surface area (Å²) in [5.41, 5.74) is 11.2. The molecule has 0 unspecified atom stereocenters. The van der Waals surface area contributed by atoms with E-state index in [0.29, 0.717) is 18.0 Å². The molecule has 0 aliphatic carbocycles. The van der Waals surface area contributed by atoms with Gasteiger partial charge in [0, 0.05) is 11.9 Å². The maximum absolute atomic E-state index is 7.09. The summed E-state index contributed by atoms with van der Waals surface area (Å²) in [5.74, 6) is -0.0871. The lowest BCUT2D eigenvalue weighted by Gasteiger charge is -1.89. The van der Waals surface area contributed by atoms with Crippen molar-refractivity contribution in [1.29, 1.82) is 5.41 Å². The standard InChI is InChI=1S/C7H14N6/c1-5(8)3-11-4-6(2)12-13-7(9)10/h4,8H,3H2,1-2H3,(H4,9,10,13)/b8-5?,11-4?,12-6+. The van der Waals surface area contributed by atoms with Crippen LogP contribution in [-0.4, -0.2) is 30.1 Å². The molecule has 0 aliphatic heterocycles. The van der Waals surface area contributed by atoms with Crippen molar-refractivity contribution in [3.63, 3.8) is 0 Å². The molecule has 0 aromatic heterocycles. The van der Waals surface area contributed by atoms with E-state index in [4.69, 9.17) is 16.9 Å². The van der Waals surface area contributed by atoms with Crippen LogP contribution < -0.4 is 11.5 Å². The molecule has 0 amide bonds. The summed E-state index contributed by atoms with van der Waals surface area (Å²) in [6.07, 6.45) is 1.52. The van der Waals surface area contributed by atoms with Crippen LogP contribution in [0, 0.1) is 5.41 Å². The lowest BCUT2D eigenvalue weighted by Crippen LogP contribution is -2.22. The SMILES string of the molecule is CC(=N)CN=C/C(C)=N/N=C(N)N. The number of hydrogen-bond donors (Lipinski definition) is 3. The topological polar surface area (TPSA) is 113 Å². The summed E-state index contributed by atoms with van der Waals surface area (Å²) >= 11 is 0. The Bertz CT molecular complexity index is 258. The quantitative estimate of drug-likeness (QED) is 0.316. The molecule has 0 spiro atoms. The molecule has 0 atom stereocenters. The van der Waals surface area contributed by atoms with Gasteiger partial charge in [0.15, 0.2) is 0 Å². The third-order valence-electron chi connectivity index (χ3n) is 0.930. The molecule has 6 nitrogen and oxygen atoms in total. The molecular weight excluding hydrogens is 168 g/mol. The number of nitrogens with zero attached hydrogens (tertiary/aromatic N) is 3. The Morgan fingerprint density at radius 1 is 1.31 bits per heavy atom. The first-order valence-electron chi connectivity index (χ1n) is 3.69. The van der Waals surface area contributed by atoms with E-state index >= 15 is 0 Å². The molecule has 0 aliphatic rings. The maximum atomic E-state index is 7.09. The van der Waals surface area contributed by atoms with E-state index in [0.717, 1.165) is 0 Å². The van der Waals surface area contributed by atoms with Crippen molar-refractivity contribution in [2.75, 3.05) is 6.54 Å². The molecule has 0 saturated heterocycles. The fourth-order valence-corrected chi connectivity index (χ4v) is 0.477. The van der Waals surface area contributed by atoms with E-state index in [-0.39, 0.29) is 5.96 Å². The predicted octanol–water partition coefficient (Wildman–Crippen LogP) is -0.254. The van der Waals surface area contributed by atoms with Crippen LogP contribution in [0.2, 0.25) is 0 Å². The molecule has 0 heterocycles. The Morgan fingerprint density at radius 2 is 1.92 bits per heavy atom. The number of hydrogen-bond acceptors (Lipinski definition) is 4. The number of nitrogens with two attached hydrogens (primary N) is 2. The van der Waals surface area contributed by atoms with Crippen molar-refractivity contribution in [1.82, 2.24) is 0 Å². The van der Waals surface area contributed by atoms with Gasteiger partial charge in [-0.25, -0.2) is 0 Å². The van der Waals surface area contributed by atoms with E-state index in [9.17, 15) is 0 Å². The van der Waals surface area contributed by atoms with Gasteiger partial charge in [-0.15, -0.1) is 5.10 Å². The second-order valence-corrected chi connectivity index (χ2v) is 2.52. The van der Waals surface area contributed by atoms with E-state index < -0.39 is 0 Å². The number of rotatable bonds is 4. The van der Waals surface area contributed by atoms with Gasteiger partial charge in [0.25, 0.3) is 0 Å². The Morgan fingerprint density at radius 3 is 2.38 bits per heavy atom. The van der Waals surface area contributed by atoms with E-state index in [2.05, 4.69) is 15.2 Å². The van der Waals surface area contributed by atoms with Crippen molar-refractivity contribution in [3.8, 4) is 0 Å². The van der Waals surface area contributed by atoms with Crippen LogP contribution in [0.3, 0.4) is 0 Å². The highest BCUT2D eigenvalue weighted by molar-refractivity contribution is 6.29. The summed E-state index contributed by atoms with van der Waals surface area (Å²) in [6, 6.07) is 0. The van der Waals surface area contributed by atoms with Gasteiger partial charge >= 0.3 is 0 Å².